The number of piperazine rings is 1. The van der Waals surface area contributed by atoms with Crippen molar-refractivity contribution in [3.63, 3.8) is 0 Å². The lowest BCUT2D eigenvalue weighted by Gasteiger charge is -2.36. The van der Waals surface area contributed by atoms with Crippen molar-refractivity contribution < 1.29 is 9.32 Å². The van der Waals surface area contributed by atoms with Crippen LogP contribution in [0.3, 0.4) is 0 Å². The molecule has 0 unspecified atom stereocenters. The SMILES string of the molecule is Cc1ccc(Cl)cc1N1CCN(C(=O)c2noc3c2C[C@@H](C)CC3)CC1. The second-order valence-electron chi connectivity index (χ2n) is 7.49. The number of carbonyl (C=O) groups excluding carboxylic acids is 1. The third-order valence-electron chi connectivity index (χ3n) is 5.57. The minimum atomic E-state index is 0.00608. The number of benzene rings is 1. The maximum atomic E-state index is 13.0. The first kappa shape index (κ1) is 17.4. The summed E-state index contributed by atoms with van der Waals surface area (Å²) in [6, 6.07) is 5.96. The van der Waals surface area contributed by atoms with Gasteiger partial charge in [-0.2, -0.15) is 0 Å². The highest BCUT2D eigenvalue weighted by atomic mass is 35.5. The molecule has 0 N–H and O–H groups in total. The number of hydrogen-bond donors (Lipinski definition) is 0. The first-order chi connectivity index (χ1) is 12.5. The van der Waals surface area contributed by atoms with Gasteiger partial charge in [-0.25, -0.2) is 0 Å². The first-order valence-electron chi connectivity index (χ1n) is 9.30. The summed E-state index contributed by atoms with van der Waals surface area (Å²) < 4.78 is 5.44. The standard InChI is InChI=1S/C20H24ClN3O2/c1-13-3-6-18-16(11-13)19(22-26-18)20(25)24-9-7-23(8-10-24)17-12-15(21)5-4-14(17)2/h4-5,12-13H,3,6-11H2,1-2H3/t13-/m0/s1. The summed E-state index contributed by atoms with van der Waals surface area (Å²) in [7, 11) is 0. The van der Waals surface area contributed by atoms with Crippen LogP contribution in [0.5, 0.6) is 0 Å². The Bertz CT molecular complexity index is 824. The van der Waals surface area contributed by atoms with Crippen molar-refractivity contribution in [2.45, 2.75) is 33.1 Å². The molecule has 1 amide bonds. The molecule has 0 bridgehead atoms. The number of rotatable bonds is 2. The largest absolute Gasteiger partial charge is 0.368 e. The predicted octanol–water partition coefficient (Wildman–Crippen LogP) is 3.72. The fraction of sp³-hybridized carbons (Fsp3) is 0.500. The summed E-state index contributed by atoms with van der Waals surface area (Å²) >= 11 is 6.15. The number of aryl methyl sites for hydroxylation is 2. The molecule has 26 heavy (non-hydrogen) atoms. The third-order valence-corrected chi connectivity index (χ3v) is 5.80. The van der Waals surface area contributed by atoms with Crippen LogP contribution in [-0.4, -0.2) is 42.1 Å². The van der Waals surface area contributed by atoms with Crippen molar-refractivity contribution in [3.05, 3.63) is 45.8 Å². The van der Waals surface area contributed by atoms with Crippen molar-refractivity contribution in [1.82, 2.24) is 10.1 Å². The molecule has 1 aromatic heterocycles. The van der Waals surface area contributed by atoms with Crippen LogP contribution in [0, 0.1) is 12.8 Å². The van der Waals surface area contributed by atoms with E-state index in [4.69, 9.17) is 16.1 Å². The topological polar surface area (TPSA) is 49.6 Å². The summed E-state index contributed by atoms with van der Waals surface area (Å²) in [5.41, 5.74) is 3.91. The van der Waals surface area contributed by atoms with E-state index >= 15 is 0 Å². The van der Waals surface area contributed by atoms with Gasteiger partial charge in [0.15, 0.2) is 5.69 Å². The van der Waals surface area contributed by atoms with Gasteiger partial charge in [-0.05, 0) is 43.4 Å². The van der Waals surface area contributed by atoms with E-state index in [0.717, 1.165) is 54.4 Å². The van der Waals surface area contributed by atoms with E-state index in [0.29, 0.717) is 24.7 Å². The maximum absolute atomic E-state index is 13.0. The van der Waals surface area contributed by atoms with E-state index < -0.39 is 0 Å². The van der Waals surface area contributed by atoms with Crippen LogP contribution in [0.4, 0.5) is 5.69 Å². The van der Waals surface area contributed by atoms with Crippen LogP contribution < -0.4 is 4.90 Å². The number of nitrogens with zero attached hydrogens (tertiary/aromatic N) is 3. The Morgan fingerprint density at radius 3 is 2.81 bits per heavy atom. The van der Waals surface area contributed by atoms with Gasteiger partial charge < -0.3 is 14.3 Å². The summed E-state index contributed by atoms with van der Waals surface area (Å²) in [6.07, 6.45) is 2.88. The first-order valence-corrected chi connectivity index (χ1v) is 9.68. The van der Waals surface area contributed by atoms with E-state index in [1.807, 2.05) is 23.1 Å². The zero-order chi connectivity index (χ0) is 18.3. The monoisotopic (exact) mass is 373 g/mol. The molecule has 2 aromatic rings. The molecule has 1 aromatic carbocycles. The number of anilines is 1. The van der Waals surface area contributed by atoms with Crippen molar-refractivity contribution >= 4 is 23.2 Å². The van der Waals surface area contributed by atoms with Crippen molar-refractivity contribution in [3.8, 4) is 0 Å². The van der Waals surface area contributed by atoms with Crippen molar-refractivity contribution in [2.24, 2.45) is 5.92 Å². The quantitative estimate of drug-likeness (QED) is 0.804. The van der Waals surface area contributed by atoms with Crippen LogP contribution in [0.2, 0.25) is 5.02 Å². The summed E-state index contributed by atoms with van der Waals surface area (Å²) in [5.74, 6) is 1.49. The van der Waals surface area contributed by atoms with Gasteiger partial charge in [-0.15, -0.1) is 0 Å². The summed E-state index contributed by atoms with van der Waals surface area (Å²) in [5, 5.41) is 4.86. The van der Waals surface area contributed by atoms with Crippen molar-refractivity contribution in [1.29, 1.82) is 0 Å². The molecule has 2 aliphatic rings. The lowest BCUT2D eigenvalue weighted by Crippen LogP contribution is -2.49. The average molecular weight is 374 g/mol. The highest BCUT2D eigenvalue weighted by molar-refractivity contribution is 6.30. The zero-order valence-electron chi connectivity index (χ0n) is 15.3. The molecule has 2 heterocycles. The molecule has 5 nitrogen and oxygen atoms in total. The Kier molecular flexibility index (Phi) is 4.65. The van der Waals surface area contributed by atoms with Crippen molar-refractivity contribution in [2.75, 3.05) is 31.1 Å². The normalized spacial score (nSPS) is 20.2. The van der Waals surface area contributed by atoms with E-state index in [-0.39, 0.29) is 5.91 Å². The summed E-state index contributed by atoms with van der Waals surface area (Å²) in [4.78, 5) is 17.2. The van der Waals surface area contributed by atoms with E-state index in [9.17, 15) is 4.79 Å². The molecule has 0 saturated carbocycles. The predicted molar refractivity (Wildman–Crippen MR) is 102 cm³/mol. The molecule has 1 aliphatic heterocycles. The molecule has 1 aliphatic carbocycles. The third kappa shape index (κ3) is 3.20. The van der Waals surface area contributed by atoms with E-state index in [1.54, 1.807) is 0 Å². The molecule has 1 saturated heterocycles. The smallest absolute Gasteiger partial charge is 0.276 e. The highest BCUT2D eigenvalue weighted by Gasteiger charge is 2.31. The maximum Gasteiger partial charge on any atom is 0.276 e. The van der Waals surface area contributed by atoms with Gasteiger partial charge in [0.1, 0.15) is 5.76 Å². The Labute approximate surface area is 158 Å². The Hall–Kier alpha value is -2.01. The van der Waals surface area contributed by atoms with E-state index in [1.165, 1.54) is 5.56 Å². The second kappa shape index (κ2) is 6.95. The fourth-order valence-corrected chi connectivity index (χ4v) is 4.14. The second-order valence-corrected chi connectivity index (χ2v) is 7.93. The molecule has 4 rings (SSSR count). The molecular formula is C20H24ClN3O2. The lowest BCUT2D eigenvalue weighted by molar-refractivity contribution is 0.0735. The molecule has 1 fully saturated rings. The number of halogens is 1. The number of fused-ring (bicyclic) bond motifs is 1. The molecule has 0 radical (unpaired) electrons. The number of amides is 1. The Morgan fingerprint density at radius 2 is 2.04 bits per heavy atom. The molecule has 138 valence electrons. The molecular weight excluding hydrogens is 350 g/mol. The zero-order valence-corrected chi connectivity index (χ0v) is 16.1. The Balaban J connectivity index is 1.46. The number of carbonyl (C=O) groups is 1. The van der Waals surface area contributed by atoms with Gasteiger partial charge in [-0.3, -0.25) is 4.79 Å². The average Bonchev–Trinajstić information content (AvgIpc) is 3.06. The van der Waals surface area contributed by atoms with Gasteiger partial charge in [0.2, 0.25) is 0 Å². The van der Waals surface area contributed by atoms with E-state index in [2.05, 4.69) is 23.9 Å². The summed E-state index contributed by atoms with van der Waals surface area (Å²) in [6.45, 7) is 7.26. The van der Waals surface area contributed by atoms with Gasteiger partial charge in [0, 0.05) is 48.9 Å². The van der Waals surface area contributed by atoms with Crippen LogP contribution in [0.15, 0.2) is 22.7 Å². The molecule has 0 spiro atoms. The van der Waals surface area contributed by atoms with Crippen LogP contribution >= 0.6 is 11.6 Å². The minimum absolute atomic E-state index is 0.00608. The van der Waals surface area contributed by atoms with Crippen LogP contribution in [0.1, 0.15) is 40.7 Å². The van der Waals surface area contributed by atoms with Crippen LogP contribution in [0.25, 0.3) is 0 Å². The lowest BCUT2D eigenvalue weighted by atomic mass is 9.88. The van der Waals surface area contributed by atoms with Gasteiger partial charge in [0.05, 0.1) is 0 Å². The van der Waals surface area contributed by atoms with Crippen LogP contribution in [-0.2, 0) is 12.8 Å². The van der Waals surface area contributed by atoms with Gasteiger partial charge in [-0.1, -0.05) is 29.7 Å². The molecule has 6 heteroatoms. The molecule has 1 atom stereocenters. The highest BCUT2D eigenvalue weighted by Crippen LogP contribution is 2.29. The number of hydrogen-bond acceptors (Lipinski definition) is 4. The fourth-order valence-electron chi connectivity index (χ4n) is 3.97. The number of aromatic nitrogens is 1. The van der Waals surface area contributed by atoms with Gasteiger partial charge >= 0.3 is 0 Å². The van der Waals surface area contributed by atoms with Gasteiger partial charge in [0.25, 0.3) is 5.91 Å². The minimum Gasteiger partial charge on any atom is -0.368 e. The Morgan fingerprint density at radius 1 is 1.27 bits per heavy atom.